The molecule has 0 spiro atoms. The minimum absolute atomic E-state index is 0.0805. The van der Waals surface area contributed by atoms with Gasteiger partial charge in [0.15, 0.2) is 5.54 Å². The number of hydrogen-bond acceptors (Lipinski definition) is 6. The molecule has 3 rings (SSSR count). The summed E-state index contributed by atoms with van der Waals surface area (Å²) < 4.78 is 21.1. The Kier molecular flexibility index (Phi) is 7.76. The van der Waals surface area contributed by atoms with E-state index in [0.717, 1.165) is 41.0 Å². The fourth-order valence-corrected chi connectivity index (χ4v) is 3.27. The largest absolute Gasteiger partial charge is 0.497 e. The summed E-state index contributed by atoms with van der Waals surface area (Å²) in [6.07, 6.45) is 3.68. The molecule has 1 amide bonds. The Balaban J connectivity index is 1.57. The molecule has 0 unspecified atom stereocenters. The lowest BCUT2D eigenvalue weighted by atomic mass is 10.1. The van der Waals surface area contributed by atoms with E-state index in [-0.39, 0.29) is 13.2 Å². The molecule has 1 aliphatic carbocycles. The first-order valence-corrected chi connectivity index (χ1v) is 10.6. The Morgan fingerprint density at radius 3 is 1.88 bits per heavy atom. The van der Waals surface area contributed by atoms with Crippen molar-refractivity contribution in [1.82, 2.24) is 5.32 Å². The monoisotopic (exact) mass is 439 g/mol. The van der Waals surface area contributed by atoms with Crippen LogP contribution >= 0.6 is 0 Å². The van der Waals surface area contributed by atoms with Crippen molar-refractivity contribution >= 4 is 12.1 Å². The van der Waals surface area contributed by atoms with Crippen molar-refractivity contribution in [3.63, 3.8) is 0 Å². The van der Waals surface area contributed by atoms with E-state index in [0.29, 0.717) is 6.42 Å². The molecule has 0 aliphatic heterocycles. The Hall–Kier alpha value is -3.48. The van der Waals surface area contributed by atoms with Crippen LogP contribution in [0, 0.1) is 0 Å². The third-order valence-corrected chi connectivity index (χ3v) is 5.29. The SMILES string of the molecule is CCCCC1=C[C@]1(NC(=O)OCc1ccc(OC)cc1)C(=O)OCc1ccc(OC)cc1. The normalized spacial score (nSPS) is 16.5. The van der Waals surface area contributed by atoms with Crippen LogP contribution in [0.2, 0.25) is 0 Å². The highest BCUT2D eigenvalue weighted by Crippen LogP contribution is 2.39. The number of nitrogens with one attached hydrogen (secondary N) is 1. The minimum atomic E-state index is -1.22. The molecule has 0 fully saturated rings. The fourth-order valence-electron chi connectivity index (χ4n) is 3.27. The summed E-state index contributed by atoms with van der Waals surface area (Å²) in [7, 11) is 3.18. The zero-order valence-corrected chi connectivity index (χ0v) is 18.7. The van der Waals surface area contributed by atoms with Gasteiger partial charge in [-0.3, -0.25) is 5.32 Å². The number of benzene rings is 2. The lowest BCUT2D eigenvalue weighted by Gasteiger charge is -2.19. The molecule has 7 heteroatoms. The molecule has 0 saturated heterocycles. The number of unbranched alkanes of at least 4 members (excludes halogenated alkanes) is 1. The molecule has 7 nitrogen and oxygen atoms in total. The van der Waals surface area contributed by atoms with E-state index in [4.69, 9.17) is 18.9 Å². The lowest BCUT2D eigenvalue weighted by molar-refractivity contribution is -0.148. The summed E-state index contributed by atoms with van der Waals surface area (Å²) in [6, 6.07) is 14.5. The summed E-state index contributed by atoms with van der Waals surface area (Å²) in [5, 5.41) is 2.70. The van der Waals surface area contributed by atoms with Gasteiger partial charge >= 0.3 is 12.1 Å². The number of carbonyl (C=O) groups excluding carboxylic acids is 2. The molecule has 0 radical (unpaired) electrons. The van der Waals surface area contributed by atoms with E-state index in [9.17, 15) is 9.59 Å². The summed E-state index contributed by atoms with van der Waals surface area (Å²) >= 11 is 0. The van der Waals surface area contributed by atoms with Gasteiger partial charge in [-0.05, 0) is 59.9 Å². The third-order valence-electron chi connectivity index (χ3n) is 5.29. The molecule has 0 aromatic heterocycles. The Labute approximate surface area is 188 Å². The minimum Gasteiger partial charge on any atom is -0.497 e. The smallest absolute Gasteiger partial charge is 0.408 e. The van der Waals surface area contributed by atoms with Gasteiger partial charge in [-0.15, -0.1) is 0 Å². The summed E-state index contributed by atoms with van der Waals surface area (Å²) in [5.74, 6) is 0.934. The molecule has 1 N–H and O–H groups in total. The van der Waals surface area contributed by atoms with E-state index >= 15 is 0 Å². The van der Waals surface area contributed by atoms with E-state index in [1.165, 1.54) is 0 Å². The fraction of sp³-hybridized carbons (Fsp3) is 0.360. The van der Waals surface area contributed by atoms with Crippen LogP contribution in [0.1, 0.15) is 37.3 Å². The molecule has 0 heterocycles. The second-order valence-electron chi connectivity index (χ2n) is 7.55. The topological polar surface area (TPSA) is 83.1 Å². The van der Waals surface area contributed by atoms with Crippen molar-refractivity contribution in [2.45, 2.75) is 44.9 Å². The second kappa shape index (κ2) is 10.7. The van der Waals surface area contributed by atoms with Crippen molar-refractivity contribution < 1.29 is 28.5 Å². The highest BCUT2D eigenvalue weighted by atomic mass is 16.6. The van der Waals surface area contributed by atoms with Gasteiger partial charge in [-0.2, -0.15) is 0 Å². The lowest BCUT2D eigenvalue weighted by Crippen LogP contribution is -2.47. The molecule has 0 bridgehead atoms. The Morgan fingerprint density at radius 1 is 0.844 bits per heavy atom. The van der Waals surface area contributed by atoms with Gasteiger partial charge in [0.1, 0.15) is 24.7 Å². The van der Waals surface area contributed by atoms with Gasteiger partial charge < -0.3 is 18.9 Å². The molecular formula is C25H29NO6. The highest BCUT2D eigenvalue weighted by molar-refractivity contribution is 5.97. The standard InChI is InChI=1S/C25H29NO6/c1-4-5-6-20-15-25(20,23(27)31-16-18-7-11-21(29-2)12-8-18)26-24(28)32-17-19-9-13-22(30-3)14-10-19/h7-15H,4-6,16-17H2,1-3H3,(H,26,28)/t25-/m1/s1. The predicted molar refractivity (Wildman–Crippen MR) is 119 cm³/mol. The van der Waals surface area contributed by atoms with Gasteiger partial charge in [0, 0.05) is 0 Å². The van der Waals surface area contributed by atoms with Gasteiger partial charge in [0.05, 0.1) is 14.2 Å². The molecule has 1 atom stereocenters. The first-order valence-electron chi connectivity index (χ1n) is 10.6. The van der Waals surface area contributed by atoms with Crippen molar-refractivity contribution in [3.8, 4) is 11.5 Å². The zero-order valence-electron chi connectivity index (χ0n) is 18.7. The summed E-state index contributed by atoms with van der Waals surface area (Å²) in [6.45, 7) is 2.25. The molecule has 2 aromatic carbocycles. The van der Waals surface area contributed by atoms with Crippen molar-refractivity contribution in [2.24, 2.45) is 0 Å². The van der Waals surface area contributed by atoms with Crippen LogP contribution < -0.4 is 14.8 Å². The first kappa shape index (κ1) is 23.2. The van der Waals surface area contributed by atoms with Gasteiger partial charge in [-0.25, -0.2) is 9.59 Å². The number of ether oxygens (including phenoxy) is 4. The number of alkyl carbamates (subject to hydrolysis) is 1. The van der Waals surface area contributed by atoms with Crippen LogP contribution in [0.15, 0.2) is 60.2 Å². The summed E-state index contributed by atoms with van der Waals surface area (Å²) in [5.41, 5.74) is 1.26. The molecule has 32 heavy (non-hydrogen) atoms. The number of esters is 1. The van der Waals surface area contributed by atoms with E-state index < -0.39 is 17.6 Å². The van der Waals surface area contributed by atoms with E-state index in [1.807, 2.05) is 24.3 Å². The highest BCUT2D eigenvalue weighted by Gasteiger charge is 2.53. The van der Waals surface area contributed by atoms with Gasteiger partial charge in [0.25, 0.3) is 0 Å². The zero-order chi connectivity index (χ0) is 23.0. The number of amides is 1. The number of hydrogen-bond donors (Lipinski definition) is 1. The van der Waals surface area contributed by atoms with Gasteiger partial charge in [0.2, 0.25) is 0 Å². The molecule has 170 valence electrons. The molecule has 2 aromatic rings. The maximum absolute atomic E-state index is 12.9. The Bertz CT molecular complexity index is 951. The second-order valence-corrected chi connectivity index (χ2v) is 7.55. The quantitative estimate of drug-likeness (QED) is 0.409. The van der Waals surface area contributed by atoms with E-state index in [1.54, 1.807) is 44.6 Å². The van der Waals surface area contributed by atoms with Crippen LogP contribution in [-0.4, -0.2) is 31.8 Å². The van der Waals surface area contributed by atoms with Crippen LogP contribution in [0.5, 0.6) is 11.5 Å². The Morgan fingerprint density at radius 2 is 1.38 bits per heavy atom. The summed E-state index contributed by atoms with van der Waals surface area (Å²) in [4.78, 5) is 25.3. The number of carbonyl (C=O) groups is 2. The average Bonchev–Trinajstić information content (AvgIpc) is 3.53. The van der Waals surface area contributed by atoms with Gasteiger partial charge in [-0.1, -0.05) is 37.6 Å². The van der Waals surface area contributed by atoms with Crippen molar-refractivity contribution in [2.75, 3.05) is 14.2 Å². The predicted octanol–water partition coefficient (Wildman–Crippen LogP) is 4.54. The third kappa shape index (κ3) is 5.81. The molecular weight excluding hydrogens is 410 g/mol. The van der Waals surface area contributed by atoms with Crippen LogP contribution in [-0.2, 0) is 27.5 Å². The number of methoxy groups -OCH3 is 2. The first-order chi connectivity index (χ1) is 15.5. The molecule has 1 aliphatic rings. The van der Waals surface area contributed by atoms with Crippen LogP contribution in [0.4, 0.5) is 4.79 Å². The van der Waals surface area contributed by atoms with Crippen LogP contribution in [0.25, 0.3) is 0 Å². The van der Waals surface area contributed by atoms with Crippen molar-refractivity contribution in [1.29, 1.82) is 0 Å². The maximum Gasteiger partial charge on any atom is 0.408 e. The molecule has 0 saturated carbocycles. The van der Waals surface area contributed by atoms with E-state index in [2.05, 4.69) is 12.2 Å². The van der Waals surface area contributed by atoms with Crippen LogP contribution in [0.3, 0.4) is 0 Å². The average molecular weight is 440 g/mol. The van der Waals surface area contributed by atoms with Crippen molar-refractivity contribution in [3.05, 3.63) is 71.3 Å². The maximum atomic E-state index is 12.9. The number of rotatable bonds is 11.